The average molecular weight is 410 g/mol. The summed E-state index contributed by atoms with van der Waals surface area (Å²) in [6, 6.07) is 15.0. The van der Waals surface area contributed by atoms with Crippen molar-refractivity contribution in [2.75, 3.05) is 11.4 Å². The first-order chi connectivity index (χ1) is 14.0. The molecule has 3 heterocycles. The van der Waals surface area contributed by atoms with Gasteiger partial charge in [-0.05, 0) is 36.2 Å². The second-order valence-corrected chi connectivity index (χ2v) is 8.26. The lowest BCUT2D eigenvalue weighted by Gasteiger charge is -2.22. The summed E-state index contributed by atoms with van der Waals surface area (Å²) in [5.41, 5.74) is 1.79. The second-order valence-electron chi connectivity index (χ2n) is 7.85. The fourth-order valence-corrected chi connectivity index (χ4v) is 4.73. The Labute approximate surface area is 173 Å². The minimum atomic E-state index is -0.772. The molecule has 5 rings (SSSR count). The molecule has 2 bridgehead atoms. The van der Waals surface area contributed by atoms with Crippen molar-refractivity contribution < 1.29 is 19.1 Å². The van der Waals surface area contributed by atoms with Gasteiger partial charge in [-0.25, -0.2) is 0 Å². The summed E-state index contributed by atoms with van der Waals surface area (Å²) >= 11 is 6.13. The third-order valence-corrected chi connectivity index (χ3v) is 6.47. The fourth-order valence-electron chi connectivity index (χ4n) is 4.61. The maximum absolute atomic E-state index is 13.3. The van der Waals surface area contributed by atoms with Crippen LogP contribution in [0.4, 0.5) is 5.69 Å². The lowest BCUT2D eigenvalue weighted by atomic mass is 9.77. The Morgan fingerprint density at radius 2 is 2.07 bits per heavy atom. The molecule has 2 saturated heterocycles. The molecule has 1 spiro atoms. The number of hydrogen-bond acceptors (Lipinski definition) is 4. The first kappa shape index (κ1) is 18.4. The van der Waals surface area contributed by atoms with Gasteiger partial charge in [-0.2, -0.15) is 0 Å². The first-order valence-corrected chi connectivity index (χ1v) is 10.0. The summed E-state index contributed by atoms with van der Waals surface area (Å²) in [6.07, 6.45) is 3.40. The van der Waals surface area contributed by atoms with Crippen LogP contribution >= 0.6 is 11.6 Å². The molecule has 5 nitrogen and oxygen atoms in total. The van der Waals surface area contributed by atoms with Crippen LogP contribution in [0.25, 0.3) is 0 Å². The Kier molecular flexibility index (Phi) is 4.26. The molecule has 0 aliphatic carbocycles. The van der Waals surface area contributed by atoms with Gasteiger partial charge in [-0.3, -0.25) is 9.59 Å². The van der Waals surface area contributed by atoms with Crippen molar-refractivity contribution >= 4 is 29.2 Å². The maximum Gasteiger partial charge on any atom is 0.313 e. The SMILES string of the molecule is Cc1cc(N2C[C@]34C=C[C@H](O3)[C@H](C(=O)OCc3ccccc3)[C@@H]4C2=O)ccc1Cl. The molecule has 2 aromatic carbocycles. The highest BCUT2D eigenvalue weighted by Gasteiger charge is 2.67. The Hall–Kier alpha value is -2.63. The molecule has 0 unspecified atom stereocenters. The van der Waals surface area contributed by atoms with E-state index in [2.05, 4.69) is 0 Å². The van der Waals surface area contributed by atoms with Gasteiger partial charge in [0.1, 0.15) is 18.1 Å². The summed E-state index contributed by atoms with van der Waals surface area (Å²) in [5, 5.41) is 0.651. The van der Waals surface area contributed by atoms with E-state index in [-0.39, 0.29) is 12.5 Å². The number of hydrogen-bond donors (Lipinski definition) is 0. The van der Waals surface area contributed by atoms with Crippen LogP contribution in [0.1, 0.15) is 11.1 Å². The Balaban J connectivity index is 1.39. The maximum atomic E-state index is 13.3. The average Bonchev–Trinajstić information content (AvgIpc) is 3.37. The van der Waals surface area contributed by atoms with Crippen LogP contribution in [-0.2, 0) is 25.7 Å². The smallest absolute Gasteiger partial charge is 0.313 e. The molecule has 6 heteroatoms. The quantitative estimate of drug-likeness (QED) is 0.571. The van der Waals surface area contributed by atoms with Crippen LogP contribution in [0.2, 0.25) is 5.02 Å². The number of esters is 1. The number of amides is 1. The third-order valence-electron chi connectivity index (χ3n) is 6.05. The fraction of sp³-hybridized carbons (Fsp3) is 0.304. The van der Waals surface area contributed by atoms with Gasteiger partial charge in [0.05, 0.1) is 18.6 Å². The van der Waals surface area contributed by atoms with Crippen LogP contribution in [-0.4, -0.2) is 30.1 Å². The van der Waals surface area contributed by atoms with E-state index in [4.69, 9.17) is 21.1 Å². The zero-order valence-electron chi connectivity index (χ0n) is 15.9. The molecule has 29 heavy (non-hydrogen) atoms. The minimum absolute atomic E-state index is 0.111. The molecule has 4 atom stereocenters. The molecule has 3 aliphatic heterocycles. The molecule has 0 saturated carbocycles. The Bertz CT molecular complexity index is 1020. The van der Waals surface area contributed by atoms with E-state index in [0.29, 0.717) is 11.6 Å². The number of nitrogens with zero attached hydrogens (tertiary/aromatic N) is 1. The number of aryl methyl sites for hydroxylation is 1. The zero-order valence-corrected chi connectivity index (χ0v) is 16.6. The summed E-state index contributed by atoms with van der Waals surface area (Å²) in [5.74, 6) is -1.70. The van der Waals surface area contributed by atoms with E-state index in [0.717, 1.165) is 16.8 Å². The molecule has 0 radical (unpaired) electrons. The highest BCUT2D eigenvalue weighted by molar-refractivity contribution is 6.31. The summed E-state index contributed by atoms with van der Waals surface area (Å²) in [7, 11) is 0. The van der Waals surface area contributed by atoms with Gasteiger partial charge in [-0.15, -0.1) is 0 Å². The van der Waals surface area contributed by atoms with Crippen LogP contribution in [0.5, 0.6) is 0 Å². The van der Waals surface area contributed by atoms with Gasteiger partial charge < -0.3 is 14.4 Å². The van der Waals surface area contributed by atoms with Gasteiger partial charge >= 0.3 is 5.97 Å². The van der Waals surface area contributed by atoms with Crippen molar-refractivity contribution in [3.05, 3.63) is 76.8 Å². The number of halogens is 1. The molecule has 1 amide bonds. The molecule has 2 fully saturated rings. The monoisotopic (exact) mass is 409 g/mol. The first-order valence-electron chi connectivity index (χ1n) is 9.64. The topological polar surface area (TPSA) is 55.8 Å². The summed E-state index contributed by atoms with van der Waals surface area (Å²) in [6.45, 7) is 2.46. The van der Waals surface area contributed by atoms with Gasteiger partial charge in [0.15, 0.2) is 0 Å². The number of rotatable bonds is 4. The van der Waals surface area contributed by atoms with E-state index in [1.54, 1.807) is 11.0 Å². The highest BCUT2D eigenvalue weighted by Crippen LogP contribution is 2.53. The van der Waals surface area contributed by atoms with E-state index in [1.807, 2.05) is 61.5 Å². The molecular formula is C23H20ClNO4. The largest absolute Gasteiger partial charge is 0.460 e. The van der Waals surface area contributed by atoms with Gasteiger partial charge in [0.25, 0.3) is 0 Å². The number of carbonyl (C=O) groups is 2. The van der Waals surface area contributed by atoms with Crippen LogP contribution in [0, 0.1) is 18.8 Å². The van der Waals surface area contributed by atoms with Crippen LogP contribution < -0.4 is 4.90 Å². The van der Waals surface area contributed by atoms with Crippen molar-refractivity contribution in [2.45, 2.75) is 25.2 Å². The third kappa shape index (κ3) is 2.88. The molecule has 148 valence electrons. The van der Waals surface area contributed by atoms with Crippen LogP contribution in [0.15, 0.2) is 60.7 Å². The lowest BCUT2D eigenvalue weighted by molar-refractivity contribution is -0.153. The highest BCUT2D eigenvalue weighted by atomic mass is 35.5. The van der Waals surface area contributed by atoms with Crippen molar-refractivity contribution in [3.8, 4) is 0 Å². The summed E-state index contributed by atoms with van der Waals surface area (Å²) < 4.78 is 11.7. The number of fused-ring (bicyclic) bond motifs is 1. The zero-order chi connectivity index (χ0) is 20.2. The predicted molar refractivity (Wildman–Crippen MR) is 109 cm³/mol. The summed E-state index contributed by atoms with van der Waals surface area (Å²) in [4.78, 5) is 27.9. The van der Waals surface area contributed by atoms with E-state index in [1.165, 1.54) is 0 Å². The predicted octanol–water partition coefficient (Wildman–Crippen LogP) is 3.68. The van der Waals surface area contributed by atoms with E-state index in [9.17, 15) is 9.59 Å². The minimum Gasteiger partial charge on any atom is -0.460 e. The number of ether oxygens (including phenoxy) is 2. The molecule has 0 aromatic heterocycles. The van der Waals surface area contributed by atoms with Crippen molar-refractivity contribution in [3.63, 3.8) is 0 Å². The number of anilines is 1. The van der Waals surface area contributed by atoms with Crippen LogP contribution in [0.3, 0.4) is 0 Å². The number of carbonyl (C=O) groups excluding carboxylic acids is 2. The van der Waals surface area contributed by atoms with Crippen molar-refractivity contribution in [1.82, 2.24) is 0 Å². The second kappa shape index (κ2) is 6.71. The standard InChI is InChI=1S/C23H20ClNO4/c1-14-11-16(7-8-17(14)24)25-13-23-10-9-18(29-23)19(20(23)21(25)26)22(27)28-12-15-5-3-2-4-6-15/h2-11,18-20H,12-13H2,1H3/t18-,19-,20+,23-/m0/s1. The van der Waals surface area contributed by atoms with E-state index >= 15 is 0 Å². The normalized spacial score (nSPS) is 29.4. The lowest BCUT2D eigenvalue weighted by Crippen LogP contribution is -2.40. The Morgan fingerprint density at radius 1 is 1.28 bits per heavy atom. The molecular weight excluding hydrogens is 390 g/mol. The molecule has 0 N–H and O–H groups in total. The van der Waals surface area contributed by atoms with Crippen molar-refractivity contribution in [2.24, 2.45) is 11.8 Å². The number of benzene rings is 2. The van der Waals surface area contributed by atoms with Gasteiger partial charge in [0, 0.05) is 10.7 Å². The van der Waals surface area contributed by atoms with E-state index < -0.39 is 29.5 Å². The molecule has 3 aliphatic rings. The van der Waals surface area contributed by atoms with Gasteiger partial charge in [-0.1, -0.05) is 54.1 Å². The Morgan fingerprint density at radius 3 is 2.83 bits per heavy atom. The van der Waals surface area contributed by atoms with Gasteiger partial charge in [0.2, 0.25) is 5.91 Å². The molecule has 2 aromatic rings. The van der Waals surface area contributed by atoms with Crippen molar-refractivity contribution in [1.29, 1.82) is 0 Å².